The highest BCUT2D eigenvalue weighted by molar-refractivity contribution is 7.80. The van der Waals surface area contributed by atoms with Gasteiger partial charge in [0.2, 0.25) is 0 Å². The van der Waals surface area contributed by atoms with Crippen LogP contribution in [0.4, 0.5) is 13.2 Å². The molecule has 0 bridgehead atoms. The third-order valence-corrected chi connectivity index (χ3v) is 4.73. The molecule has 1 aromatic carbocycles. The summed E-state index contributed by atoms with van der Waals surface area (Å²) in [6.45, 7) is 1.48. The summed E-state index contributed by atoms with van der Waals surface area (Å²) in [7, 11) is 0. The maximum absolute atomic E-state index is 13.2. The van der Waals surface area contributed by atoms with Crippen molar-refractivity contribution in [3.8, 4) is 6.07 Å². The third-order valence-electron chi connectivity index (χ3n) is 4.30. The lowest BCUT2D eigenvalue weighted by Crippen LogP contribution is -2.30. The number of nitriles is 1. The molecule has 3 rings (SSSR count). The summed E-state index contributed by atoms with van der Waals surface area (Å²) < 4.78 is 41.1. The number of alkyl halides is 3. The summed E-state index contributed by atoms with van der Waals surface area (Å²) in [6, 6.07) is 6.69. The molecule has 0 aliphatic heterocycles. The highest BCUT2D eigenvalue weighted by atomic mass is 35.5. The molecule has 28 heavy (non-hydrogen) atoms. The van der Waals surface area contributed by atoms with Crippen molar-refractivity contribution in [2.24, 2.45) is 5.73 Å². The Kier molecular flexibility index (Phi) is 5.04. The number of aromatic nitrogens is 3. The van der Waals surface area contributed by atoms with Crippen LogP contribution in [0, 0.1) is 11.3 Å². The first-order valence-corrected chi connectivity index (χ1v) is 8.73. The molecule has 2 heterocycles. The molecule has 0 saturated heterocycles. The van der Waals surface area contributed by atoms with Gasteiger partial charge in [0.1, 0.15) is 16.0 Å². The van der Waals surface area contributed by atoms with Crippen molar-refractivity contribution in [3.05, 3.63) is 58.4 Å². The summed E-state index contributed by atoms with van der Waals surface area (Å²) in [6.07, 6.45) is -1.52. The Balaban J connectivity index is 2.11. The summed E-state index contributed by atoms with van der Waals surface area (Å²) >= 11 is 10.9. The van der Waals surface area contributed by atoms with Crippen LogP contribution in [-0.2, 0) is 18.1 Å². The van der Waals surface area contributed by atoms with Gasteiger partial charge >= 0.3 is 6.18 Å². The van der Waals surface area contributed by atoms with Gasteiger partial charge in [0, 0.05) is 11.8 Å². The van der Waals surface area contributed by atoms with Gasteiger partial charge < -0.3 is 5.73 Å². The van der Waals surface area contributed by atoms with Crippen molar-refractivity contribution in [1.82, 2.24) is 14.8 Å². The Bertz CT molecular complexity index is 1120. The van der Waals surface area contributed by atoms with Crippen molar-refractivity contribution >= 4 is 39.8 Å². The fourth-order valence-corrected chi connectivity index (χ4v) is 3.23. The number of fused-ring (bicyclic) bond motifs is 1. The molecule has 0 fully saturated rings. The van der Waals surface area contributed by atoms with Crippen molar-refractivity contribution < 1.29 is 13.2 Å². The van der Waals surface area contributed by atoms with Gasteiger partial charge in [-0.1, -0.05) is 29.9 Å². The van der Waals surface area contributed by atoms with Crippen LogP contribution in [0.15, 0.2) is 36.7 Å². The molecule has 0 amide bonds. The molecule has 0 aliphatic carbocycles. The van der Waals surface area contributed by atoms with Crippen LogP contribution < -0.4 is 5.73 Å². The van der Waals surface area contributed by atoms with E-state index < -0.39 is 17.2 Å². The van der Waals surface area contributed by atoms with Gasteiger partial charge in [0.15, 0.2) is 0 Å². The van der Waals surface area contributed by atoms with Crippen LogP contribution >= 0.6 is 23.8 Å². The molecule has 2 N–H and O–H groups in total. The molecule has 3 aromatic rings. The summed E-state index contributed by atoms with van der Waals surface area (Å²) in [5.41, 5.74) is 4.77. The monoisotopic (exact) mass is 423 g/mol. The lowest BCUT2D eigenvalue weighted by atomic mass is 9.80. The van der Waals surface area contributed by atoms with Gasteiger partial charge in [-0.3, -0.25) is 9.67 Å². The van der Waals surface area contributed by atoms with Gasteiger partial charge in [-0.05, 0) is 30.7 Å². The van der Waals surface area contributed by atoms with Gasteiger partial charge in [-0.2, -0.15) is 23.5 Å². The number of thiocarbonyl (C=S) groups is 1. The van der Waals surface area contributed by atoms with Crippen LogP contribution in [0.2, 0.25) is 5.02 Å². The first-order valence-electron chi connectivity index (χ1n) is 7.95. The van der Waals surface area contributed by atoms with E-state index in [9.17, 15) is 18.4 Å². The smallest absolute Gasteiger partial charge is 0.389 e. The van der Waals surface area contributed by atoms with Crippen LogP contribution in [-0.4, -0.2) is 19.8 Å². The lowest BCUT2D eigenvalue weighted by Gasteiger charge is -2.25. The quantitative estimate of drug-likeness (QED) is 0.635. The summed E-state index contributed by atoms with van der Waals surface area (Å²) in [5, 5.41) is 14.5. The summed E-state index contributed by atoms with van der Waals surface area (Å²) in [4.78, 5) is 4.04. The zero-order chi connectivity index (χ0) is 20.7. The minimum absolute atomic E-state index is 0.0333. The Morgan fingerprint density at radius 2 is 2.04 bits per heavy atom. The average molecular weight is 424 g/mol. The van der Waals surface area contributed by atoms with Gasteiger partial charge in [0.25, 0.3) is 0 Å². The van der Waals surface area contributed by atoms with Crippen molar-refractivity contribution in [3.63, 3.8) is 0 Å². The summed E-state index contributed by atoms with van der Waals surface area (Å²) in [5.74, 6) is 0. The molecule has 0 spiro atoms. The lowest BCUT2D eigenvalue weighted by molar-refractivity contribution is -0.137. The first kappa shape index (κ1) is 20.0. The molecule has 0 radical (unpaired) electrons. The topological polar surface area (TPSA) is 80.5 Å². The second kappa shape index (κ2) is 7.04. The van der Waals surface area contributed by atoms with E-state index in [2.05, 4.69) is 16.2 Å². The van der Waals surface area contributed by atoms with E-state index in [4.69, 9.17) is 29.6 Å². The number of hydrogen-bond donors (Lipinski definition) is 1. The minimum atomic E-state index is -4.57. The Labute approximate surface area is 168 Å². The van der Waals surface area contributed by atoms with E-state index in [1.54, 1.807) is 12.3 Å². The van der Waals surface area contributed by atoms with Crippen molar-refractivity contribution in [2.75, 3.05) is 0 Å². The predicted molar refractivity (Wildman–Crippen MR) is 103 cm³/mol. The standard InChI is InChI=1S/C18H13ClF3N5S/c1-17(8-23,9-27-7-15-14(26-27)5-11(19)6-25-15)13-4-10(18(20,21)22)2-3-12(13)16(24)28/h2-7H,9H2,1H3,(H2,24,28). The van der Waals surface area contributed by atoms with Crippen LogP contribution in [0.1, 0.15) is 23.6 Å². The molecule has 2 aromatic heterocycles. The van der Waals surface area contributed by atoms with Crippen LogP contribution in [0.25, 0.3) is 11.0 Å². The van der Waals surface area contributed by atoms with E-state index in [-0.39, 0.29) is 22.7 Å². The Morgan fingerprint density at radius 3 is 2.64 bits per heavy atom. The minimum Gasteiger partial charge on any atom is -0.389 e. The molecular formula is C18H13ClF3N5S. The maximum atomic E-state index is 13.2. The predicted octanol–water partition coefficient (Wildman–Crippen LogP) is 4.22. The van der Waals surface area contributed by atoms with Gasteiger partial charge in [0.05, 0.1) is 34.8 Å². The molecular weight excluding hydrogens is 411 g/mol. The molecule has 1 atom stereocenters. The number of nitrogens with two attached hydrogens (primary N) is 1. The number of nitrogens with zero attached hydrogens (tertiary/aromatic N) is 4. The normalized spacial score (nSPS) is 13.9. The van der Waals surface area contributed by atoms with Crippen LogP contribution in [0.5, 0.6) is 0 Å². The molecule has 5 nitrogen and oxygen atoms in total. The van der Waals surface area contributed by atoms with E-state index in [1.165, 1.54) is 23.9 Å². The number of hydrogen-bond acceptors (Lipinski definition) is 4. The van der Waals surface area contributed by atoms with Gasteiger partial charge in [-0.15, -0.1) is 0 Å². The third kappa shape index (κ3) is 3.79. The SMILES string of the molecule is CC(C#N)(Cn1cc2ncc(Cl)cc2n1)c1cc(C(F)(F)F)ccc1C(N)=S. The highest BCUT2D eigenvalue weighted by Gasteiger charge is 2.36. The Morgan fingerprint density at radius 1 is 1.32 bits per heavy atom. The highest BCUT2D eigenvalue weighted by Crippen LogP contribution is 2.35. The number of halogens is 4. The fourth-order valence-electron chi connectivity index (χ4n) is 2.90. The molecule has 0 saturated carbocycles. The molecule has 144 valence electrons. The van der Waals surface area contributed by atoms with Gasteiger partial charge in [-0.25, -0.2) is 0 Å². The number of benzene rings is 1. The Hall–Kier alpha value is -2.70. The first-order chi connectivity index (χ1) is 13.0. The van der Waals surface area contributed by atoms with E-state index in [0.29, 0.717) is 16.1 Å². The number of pyridine rings is 1. The van der Waals surface area contributed by atoms with E-state index in [0.717, 1.165) is 12.1 Å². The molecule has 0 aliphatic rings. The maximum Gasteiger partial charge on any atom is 0.416 e. The van der Waals surface area contributed by atoms with E-state index in [1.807, 2.05) is 0 Å². The largest absolute Gasteiger partial charge is 0.416 e. The molecule has 10 heteroatoms. The number of rotatable bonds is 4. The zero-order valence-electron chi connectivity index (χ0n) is 14.5. The van der Waals surface area contributed by atoms with E-state index >= 15 is 0 Å². The second-order valence-corrected chi connectivity index (χ2v) is 7.33. The van der Waals surface area contributed by atoms with Crippen LogP contribution in [0.3, 0.4) is 0 Å². The molecule has 1 unspecified atom stereocenters. The second-order valence-electron chi connectivity index (χ2n) is 6.45. The zero-order valence-corrected chi connectivity index (χ0v) is 16.0. The van der Waals surface area contributed by atoms with Crippen molar-refractivity contribution in [2.45, 2.75) is 25.1 Å². The fraction of sp³-hybridized carbons (Fsp3) is 0.222. The van der Waals surface area contributed by atoms with Crippen molar-refractivity contribution in [1.29, 1.82) is 5.26 Å². The average Bonchev–Trinajstić information content (AvgIpc) is 3.01.